The number of aliphatic imine (C=N–C) groups is 1. The first kappa shape index (κ1) is 21.6. The molecule has 1 heterocycles. The van der Waals surface area contributed by atoms with Crippen LogP contribution in [0.2, 0.25) is 0 Å². The zero-order chi connectivity index (χ0) is 21.5. The average molecular weight is 412 g/mol. The molecular formula is C23H29N3O4. The van der Waals surface area contributed by atoms with Gasteiger partial charge in [-0.2, -0.15) is 0 Å². The van der Waals surface area contributed by atoms with E-state index in [0.717, 1.165) is 36.3 Å². The van der Waals surface area contributed by atoms with Crippen molar-refractivity contribution in [1.29, 1.82) is 0 Å². The maximum Gasteiger partial charge on any atom is 0.258 e. The highest BCUT2D eigenvalue weighted by Gasteiger charge is 2.17. The number of carbonyl (C=O) groups excluding carboxylic acids is 1. The maximum atomic E-state index is 12.9. The van der Waals surface area contributed by atoms with E-state index in [2.05, 4.69) is 15.6 Å². The van der Waals surface area contributed by atoms with Gasteiger partial charge in [-0.15, -0.1) is 0 Å². The molecule has 1 amide bonds. The van der Waals surface area contributed by atoms with Gasteiger partial charge in [0.1, 0.15) is 0 Å². The molecule has 30 heavy (non-hydrogen) atoms. The quantitative estimate of drug-likeness (QED) is 0.560. The number of hydrogen-bond donors (Lipinski definition) is 2. The van der Waals surface area contributed by atoms with E-state index in [1.807, 2.05) is 32.0 Å². The molecule has 2 aromatic rings. The van der Waals surface area contributed by atoms with Gasteiger partial charge in [-0.25, -0.2) is 4.99 Å². The third-order valence-corrected chi connectivity index (χ3v) is 5.00. The smallest absolute Gasteiger partial charge is 0.258 e. The number of aryl methyl sites for hydroxylation is 2. The number of nitrogens with one attached hydrogen (secondary N) is 2. The highest BCUT2D eigenvalue weighted by molar-refractivity contribution is 6.10. The maximum absolute atomic E-state index is 12.9. The standard InChI is InChI=1S/C23H29N3O4/c1-15-7-8-16(2)19(12-15)25-23(24-14-18-6-5-11-30-18)26-22(27)17-9-10-20(28-3)21(13-17)29-4/h7-10,12-13,18H,5-6,11,14H2,1-4H3,(H2,24,25,26,27)/t18-/m0/s1. The summed E-state index contributed by atoms with van der Waals surface area (Å²) in [5, 5.41) is 6.16. The van der Waals surface area contributed by atoms with E-state index in [1.165, 1.54) is 7.11 Å². The number of anilines is 1. The fraction of sp³-hybridized carbons (Fsp3) is 0.391. The molecule has 0 saturated carbocycles. The number of methoxy groups -OCH3 is 2. The summed E-state index contributed by atoms with van der Waals surface area (Å²) >= 11 is 0. The van der Waals surface area contributed by atoms with Gasteiger partial charge in [0.2, 0.25) is 5.96 Å². The first-order valence-corrected chi connectivity index (χ1v) is 10.0. The van der Waals surface area contributed by atoms with Gasteiger partial charge >= 0.3 is 0 Å². The van der Waals surface area contributed by atoms with Crippen molar-refractivity contribution in [1.82, 2.24) is 5.32 Å². The summed E-state index contributed by atoms with van der Waals surface area (Å²) < 4.78 is 16.2. The van der Waals surface area contributed by atoms with Crippen molar-refractivity contribution in [3.05, 3.63) is 53.1 Å². The number of ether oxygens (including phenoxy) is 3. The number of nitrogens with zero attached hydrogens (tertiary/aromatic N) is 1. The van der Waals surface area contributed by atoms with E-state index in [4.69, 9.17) is 14.2 Å². The first-order chi connectivity index (χ1) is 14.5. The normalized spacial score (nSPS) is 16.3. The molecule has 0 spiro atoms. The first-order valence-electron chi connectivity index (χ1n) is 10.0. The molecule has 1 atom stereocenters. The summed E-state index contributed by atoms with van der Waals surface area (Å²) in [5.74, 6) is 1.15. The monoisotopic (exact) mass is 411 g/mol. The molecule has 1 aliphatic rings. The molecule has 0 bridgehead atoms. The molecule has 0 aliphatic carbocycles. The average Bonchev–Trinajstić information content (AvgIpc) is 3.27. The second kappa shape index (κ2) is 10.1. The van der Waals surface area contributed by atoms with Crippen LogP contribution < -0.4 is 20.1 Å². The Labute approximate surface area is 177 Å². The van der Waals surface area contributed by atoms with Crippen LogP contribution in [0.3, 0.4) is 0 Å². The van der Waals surface area contributed by atoms with Crippen molar-refractivity contribution in [2.75, 3.05) is 32.7 Å². The topological polar surface area (TPSA) is 81.2 Å². The largest absolute Gasteiger partial charge is 0.493 e. The molecular weight excluding hydrogens is 382 g/mol. The predicted molar refractivity (Wildman–Crippen MR) is 118 cm³/mol. The molecule has 3 rings (SSSR count). The van der Waals surface area contributed by atoms with Gasteiger partial charge in [0.25, 0.3) is 5.91 Å². The summed E-state index contributed by atoms with van der Waals surface area (Å²) in [4.78, 5) is 17.5. The molecule has 7 nitrogen and oxygen atoms in total. The van der Waals surface area contributed by atoms with E-state index >= 15 is 0 Å². The van der Waals surface area contributed by atoms with Crippen LogP contribution in [0.5, 0.6) is 11.5 Å². The Kier molecular flexibility index (Phi) is 7.30. The Bertz CT molecular complexity index is 921. The van der Waals surface area contributed by atoms with Crippen LogP contribution >= 0.6 is 0 Å². The van der Waals surface area contributed by atoms with Crippen molar-refractivity contribution in [2.45, 2.75) is 32.8 Å². The molecule has 1 saturated heterocycles. The lowest BCUT2D eigenvalue weighted by atomic mass is 10.1. The van der Waals surface area contributed by atoms with Crippen molar-refractivity contribution >= 4 is 17.6 Å². The molecule has 2 aromatic carbocycles. The van der Waals surface area contributed by atoms with E-state index in [1.54, 1.807) is 25.3 Å². The van der Waals surface area contributed by atoms with Gasteiger partial charge in [0.15, 0.2) is 11.5 Å². The predicted octanol–water partition coefficient (Wildman–Crippen LogP) is 3.70. The number of amides is 1. The number of carbonyl (C=O) groups is 1. The number of benzene rings is 2. The minimum atomic E-state index is -0.292. The Morgan fingerprint density at radius 2 is 1.93 bits per heavy atom. The van der Waals surface area contributed by atoms with Crippen LogP contribution in [-0.2, 0) is 4.74 Å². The summed E-state index contributed by atoms with van der Waals surface area (Å²) in [6, 6.07) is 11.1. The van der Waals surface area contributed by atoms with Gasteiger partial charge in [0.05, 0.1) is 26.9 Å². The van der Waals surface area contributed by atoms with Gasteiger partial charge in [0, 0.05) is 17.9 Å². The Balaban J connectivity index is 1.81. The van der Waals surface area contributed by atoms with Gasteiger partial charge in [-0.3, -0.25) is 10.1 Å². The van der Waals surface area contributed by atoms with Gasteiger partial charge < -0.3 is 19.5 Å². The van der Waals surface area contributed by atoms with Crippen LogP contribution in [0, 0.1) is 13.8 Å². The number of guanidine groups is 1. The van der Waals surface area contributed by atoms with E-state index in [0.29, 0.717) is 29.6 Å². The Hall–Kier alpha value is -3.06. The van der Waals surface area contributed by atoms with E-state index in [-0.39, 0.29) is 12.0 Å². The lowest BCUT2D eigenvalue weighted by molar-refractivity contribution is 0.0975. The highest BCUT2D eigenvalue weighted by atomic mass is 16.5. The van der Waals surface area contributed by atoms with Crippen molar-refractivity contribution in [2.24, 2.45) is 4.99 Å². The van der Waals surface area contributed by atoms with Crippen molar-refractivity contribution in [3.63, 3.8) is 0 Å². The SMILES string of the molecule is COc1ccc(C(=O)NC(=NC[C@@H]2CCCO2)Nc2cc(C)ccc2C)cc1OC. The molecule has 7 heteroatoms. The third kappa shape index (κ3) is 5.51. The fourth-order valence-corrected chi connectivity index (χ4v) is 3.25. The molecule has 1 aliphatic heterocycles. The van der Waals surface area contributed by atoms with Crippen LogP contribution in [0.4, 0.5) is 5.69 Å². The molecule has 1 fully saturated rings. The number of rotatable bonds is 6. The lowest BCUT2D eigenvalue weighted by Gasteiger charge is -2.16. The summed E-state index contributed by atoms with van der Waals surface area (Å²) in [7, 11) is 3.09. The minimum absolute atomic E-state index is 0.0818. The molecule has 160 valence electrons. The zero-order valence-corrected chi connectivity index (χ0v) is 18.0. The number of hydrogen-bond acceptors (Lipinski definition) is 5. The summed E-state index contributed by atoms with van der Waals surface area (Å²) in [5.41, 5.74) is 3.52. The van der Waals surface area contributed by atoms with Crippen molar-refractivity contribution < 1.29 is 19.0 Å². The van der Waals surface area contributed by atoms with Crippen LogP contribution in [-0.4, -0.2) is 45.3 Å². The molecule has 0 aromatic heterocycles. The molecule has 2 N–H and O–H groups in total. The Morgan fingerprint density at radius 3 is 2.63 bits per heavy atom. The fourth-order valence-electron chi connectivity index (χ4n) is 3.25. The Morgan fingerprint density at radius 1 is 1.13 bits per heavy atom. The summed E-state index contributed by atoms with van der Waals surface area (Å²) in [6.07, 6.45) is 2.10. The van der Waals surface area contributed by atoms with Crippen molar-refractivity contribution in [3.8, 4) is 11.5 Å². The third-order valence-electron chi connectivity index (χ3n) is 5.00. The van der Waals surface area contributed by atoms with Crippen LogP contribution in [0.15, 0.2) is 41.4 Å². The zero-order valence-electron chi connectivity index (χ0n) is 18.0. The van der Waals surface area contributed by atoms with E-state index in [9.17, 15) is 4.79 Å². The molecule has 0 unspecified atom stereocenters. The van der Waals surface area contributed by atoms with Crippen LogP contribution in [0.1, 0.15) is 34.3 Å². The molecule has 0 radical (unpaired) electrons. The second-order valence-corrected chi connectivity index (χ2v) is 7.29. The van der Waals surface area contributed by atoms with Gasteiger partial charge in [-0.05, 0) is 62.1 Å². The van der Waals surface area contributed by atoms with E-state index < -0.39 is 0 Å². The minimum Gasteiger partial charge on any atom is -0.493 e. The lowest BCUT2D eigenvalue weighted by Crippen LogP contribution is -2.37. The second-order valence-electron chi connectivity index (χ2n) is 7.29. The highest BCUT2D eigenvalue weighted by Crippen LogP contribution is 2.27. The van der Waals surface area contributed by atoms with Gasteiger partial charge in [-0.1, -0.05) is 12.1 Å². The van der Waals surface area contributed by atoms with Crippen LogP contribution in [0.25, 0.3) is 0 Å². The summed E-state index contributed by atoms with van der Waals surface area (Å²) in [6.45, 7) is 5.28.